The Bertz CT molecular complexity index is 785. The summed E-state index contributed by atoms with van der Waals surface area (Å²) < 4.78 is 26.2. The maximum Gasteiger partial charge on any atom is 0.254 e. The number of benzene rings is 2. The van der Waals surface area contributed by atoms with Gasteiger partial charge >= 0.3 is 0 Å². The lowest BCUT2D eigenvalue weighted by molar-refractivity contribution is -0.132. The van der Waals surface area contributed by atoms with Crippen LogP contribution in [0.3, 0.4) is 0 Å². The van der Waals surface area contributed by atoms with Gasteiger partial charge < -0.3 is 9.80 Å². The van der Waals surface area contributed by atoms with E-state index in [0.29, 0.717) is 44.6 Å². The first-order valence-electron chi connectivity index (χ1n) is 8.60. The molecule has 0 aliphatic carbocycles. The summed E-state index contributed by atoms with van der Waals surface area (Å²) in [5.41, 5.74) is 1.24. The van der Waals surface area contributed by atoms with Gasteiger partial charge in [-0.3, -0.25) is 9.59 Å². The van der Waals surface area contributed by atoms with E-state index in [1.54, 1.807) is 28.0 Å². The molecule has 2 amide bonds. The van der Waals surface area contributed by atoms with Crippen molar-refractivity contribution in [2.45, 2.75) is 12.8 Å². The number of carbonyl (C=O) groups is 2. The molecular formula is C20H20F2N2O2. The third kappa shape index (κ3) is 4.45. The van der Waals surface area contributed by atoms with E-state index in [4.69, 9.17) is 0 Å². The minimum absolute atomic E-state index is 0.0205. The van der Waals surface area contributed by atoms with E-state index >= 15 is 0 Å². The average molecular weight is 358 g/mol. The third-order valence-corrected chi connectivity index (χ3v) is 4.53. The van der Waals surface area contributed by atoms with Gasteiger partial charge in [0.05, 0.1) is 0 Å². The van der Waals surface area contributed by atoms with Gasteiger partial charge in [0.25, 0.3) is 5.91 Å². The number of halogens is 2. The van der Waals surface area contributed by atoms with Crippen LogP contribution < -0.4 is 0 Å². The fraction of sp³-hybridized carbons (Fsp3) is 0.300. The SMILES string of the molecule is O=C(CCc1ccc(F)cc1)N1CCN(C(=O)c2cccc(F)c2)CC1. The number of nitrogens with zero attached hydrogens (tertiary/aromatic N) is 2. The molecule has 2 aromatic rings. The van der Waals surface area contributed by atoms with E-state index in [0.717, 1.165) is 5.56 Å². The van der Waals surface area contributed by atoms with E-state index in [1.165, 1.54) is 30.3 Å². The van der Waals surface area contributed by atoms with E-state index < -0.39 is 5.82 Å². The van der Waals surface area contributed by atoms with Crippen LogP contribution in [0.1, 0.15) is 22.3 Å². The molecule has 0 saturated carbocycles. The maximum atomic E-state index is 13.3. The van der Waals surface area contributed by atoms with Crippen LogP contribution in [0.2, 0.25) is 0 Å². The zero-order valence-electron chi connectivity index (χ0n) is 14.3. The van der Waals surface area contributed by atoms with Crippen molar-refractivity contribution in [1.82, 2.24) is 9.80 Å². The van der Waals surface area contributed by atoms with Crippen LogP contribution in [0.4, 0.5) is 8.78 Å². The van der Waals surface area contributed by atoms with Crippen LogP contribution in [0.5, 0.6) is 0 Å². The Hall–Kier alpha value is -2.76. The van der Waals surface area contributed by atoms with E-state index in [2.05, 4.69) is 0 Å². The topological polar surface area (TPSA) is 40.6 Å². The van der Waals surface area contributed by atoms with Crippen molar-refractivity contribution >= 4 is 11.8 Å². The molecule has 0 radical (unpaired) electrons. The molecule has 0 aromatic heterocycles. The molecule has 0 spiro atoms. The first-order chi connectivity index (χ1) is 12.5. The monoisotopic (exact) mass is 358 g/mol. The predicted molar refractivity (Wildman–Crippen MR) is 93.6 cm³/mol. The van der Waals surface area contributed by atoms with Crippen LogP contribution in [0.25, 0.3) is 0 Å². The van der Waals surface area contributed by atoms with Gasteiger partial charge in [0.1, 0.15) is 11.6 Å². The van der Waals surface area contributed by atoms with Gasteiger partial charge in [0, 0.05) is 38.2 Å². The van der Waals surface area contributed by atoms with Crippen molar-refractivity contribution in [2.24, 2.45) is 0 Å². The summed E-state index contributed by atoms with van der Waals surface area (Å²) in [5, 5.41) is 0. The molecule has 0 atom stereocenters. The van der Waals surface area contributed by atoms with E-state index in [-0.39, 0.29) is 17.6 Å². The second kappa shape index (κ2) is 8.08. The molecule has 3 rings (SSSR count). The molecule has 1 aliphatic heterocycles. The second-order valence-corrected chi connectivity index (χ2v) is 6.31. The van der Waals surface area contributed by atoms with Gasteiger partial charge in [-0.1, -0.05) is 18.2 Å². The number of aryl methyl sites for hydroxylation is 1. The number of carbonyl (C=O) groups excluding carboxylic acids is 2. The molecule has 0 N–H and O–H groups in total. The Labute approximate surface area is 151 Å². The quantitative estimate of drug-likeness (QED) is 0.843. The van der Waals surface area contributed by atoms with Crippen molar-refractivity contribution in [3.05, 3.63) is 71.3 Å². The molecule has 136 valence electrons. The first-order valence-corrected chi connectivity index (χ1v) is 8.60. The molecule has 1 heterocycles. The van der Waals surface area contributed by atoms with Crippen LogP contribution in [-0.4, -0.2) is 47.8 Å². The van der Waals surface area contributed by atoms with Gasteiger partial charge in [-0.25, -0.2) is 8.78 Å². The number of rotatable bonds is 4. The number of amides is 2. The molecule has 2 aromatic carbocycles. The number of hydrogen-bond donors (Lipinski definition) is 0. The lowest BCUT2D eigenvalue weighted by Crippen LogP contribution is -2.50. The zero-order valence-corrected chi connectivity index (χ0v) is 14.3. The highest BCUT2D eigenvalue weighted by Gasteiger charge is 2.24. The molecule has 0 unspecified atom stereocenters. The van der Waals surface area contributed by atoms with Crippen LogP contribution in [0, 0.1) is 11.6 Å². The number of hydrogen-bond acceptors (Lipinski definition) is 2. The standard InChI is InChI=1S/C20H20F2N2O2/c21-17-7-4-15(5-8-17)6-9-19(25)23-10-12-24(13-11-23)20(26)16-2-1-3-18(22)14-16/h1-5,7-8,14H,6,9-13H2. The summed E-state index contributed by atoms with van der Waals surface area (Å²) in [5.74, 6) is -0.931. The fourth-order valence-corrected chi connectivity index (χ4v) is 3.02. The second-order valence-electron chi connectivity index (χ2n) is 6.31. The van der Waals surface area contributed by atoms with Crippen LogP contribution >= 0.6 is 0 Å². The Morgan fingerprint density at radius 2 is 1.50 bits per heavy atom. The Kier molecular flexibility index (Phi) is 5.61. The molecule has 6 heteroatoms. The predicted octanol–water partition coefficient (Wildman–Crippen LogP) is 2.88. The summed E-state index contributed by atoms with van der Waals surface area (Å²) in [6.45, 7) is 1.78. The Morgan fingerprint density at radius 3 is 2.15 bits per heavy atom. The summed E-state index contributed by atoms with van der Waals surface area (Å²) in [7, 11) is 0. The van der Waals surface area contributed by atoms with Gasteiger partial charge in [-0.2, -0.15) is 0 Å². The fourth-order valence-electron chi connectivity index (χ4n) is 3.02. The summed E-state index contributed by atoms with van der Waals surface area (Å²) >= 11 is 0. The zero-order chi connectivity index (χ0) is 18.5. The molecule has 0 bridgehead atoms. The lowest BCUT2D eigenvalue weighted by atomic mass is 10.1. The summed E-state index contributed by atoms with van der Waals surface area (Å²) in [4.78, 5) is 28.1. The molecule has 4 nitrogen and oxygen atoms in total. The largest absolute Gasteiger partial charge is 0.339 e. The summed E-state index contributed by atoms with van der Waals surface area (Å²) in [6.07, 6.45) is 0.908. The molecular weight excluding hydrogens is 338 g/mol. The van der Waals surface area contributed by atoms with Gasteiger partial charge in [-0.15, -0.1) is 0 Å². The van der Waals surface area contributed by atoms with Gasteiger partial charge in [0.2, 0.25) is 5.91 Å². The highest BCUT2D eigenvalue weighted by atomic mass is 19.1. The van der Waals surface area contributed by atoms with Crippen molar-refractivity contribution < 1.29 is 18.4 Å². The minimum Gasteiger partial charge on any atom is -0.339 e. The highest BCUT2D eigenvalue weighted by Crippen LogP contribution is 2.12. The molecule has 1 aliphatic rings. The van der Waals surface area contributed by atoms with Gasteiger partial charge in [-0.05, 0) is 42.3 Å². The van der Waals surface area contributed by atoms with E-state index in [1.807, 2.05) is 0 Å². The smallest absolute Gasteiger partial charge is 0.254 e. The average Bonchev–Trinajstić information content (AvgIpc) is 2.67. The van der Waals surface area contributed by atoms with Crippen molar-refractivity contribution in [3.63, 3.8) is 0 Å². The van der Waals surface area contributed by atoms with E-state index in [9.17, 15) is 18.4 Å². The van der Waals surface area contributed by atoms with Crippen LogP contribution in [-0.2, 0) is 11.2 Å². The van der Waals surface area contributed by atoms with Crippen molar-refractivity contribution in [1.29, 1.82) is 0 Å². The normalized spacial score (nSPS) is 14.4. The molecule has 1 fully saturated rings. The maximum absolute atomic E-state index is 13.3. The number of piperazine rings is 1. The van der Waals surface area contributed by atoms with Crippen LogP contribution in [0.15, 0.2) is 48.5 Å². The minimum atomic E-state index is -0.439. The Morgan fingerprint density at radius 1 is 0.846 bits per heavy atom. The highest BCUT2D eigenvalue weighted by molar-refractivity contribution is 5.94. The van der Waals surface area contributed by atoms with Gasteiger partial charge in [0.15, 0.2) is 0 Å². The molecule has 26 heavy (non-hydrogen) atoms. The summed E-state index contributed by atoms with van der Waals surface area (Å²) in [6, 6.07) is 11.8. The van der Waals surface area contributed by atoms with Crippen molar-refractivity contribution in [2.75, 3.05) is 26.2 Å². The van der Waals surface area contributed by atoms with Crippen molar-refractivity contribution in [3.8, 4) is 0 Å². The first kappa shape index (κ1) is 18.0. The Balaban J connectivity index is 1.49. The molecule has 1 saturated heterocycles. The third-order valence-electron chi connectivity index (χ3n) is 4.53. The lowest BCUT2D eigenvalue weighted by Gasteiger charge is -2.35.